The Labute approximate surface area is 229 Å². The van der Waals surface area contributed by atoms with Crippen LogP contribution in [0.25, 0.3) is 6.08 Å². The van der Waals surface area contributed by atoms with Gasteiger partial charge >= 0.3 is 0 Å². The fraction of sp³-hybridized carbons (Fsp3) is 0.120. The predicted octanol–water partition coefficient (Wildman–Crippen LogP) is 7.56. The normalized spacial score (nSPS) is 14.7. The number of methoxy groups -OCH3 is 1. The molecule has 0 saturated carbocycles. The molecule has 4 rings (SSSR count). The van der Waals surface area contributed by atoms with Crippen LogP contribution in [0.5, 0.6) is 11.5 Å². The second-order valence-electron chi connectivity index (χ2n) is 7.42. The highest BCUT2D eigenvalue weighted by molar-refractivity contribution is 14.1. The topological polar surface area (TPSA) is 55.8 Å². The number of nitrogens with zero attached hydrogens (tertiary/aromatic N) is 1. The molecule has 1 aliphatic heterocycles. The SMILES string of the molecule is COc1cc(C=C2SC(=O)N(Cc3c(F)cccc3Cl)C2=O)cc(I)c1OCc1ccc(Cl)cc1. The summed E-state index contributed by atoms with van der Waals surface area (Å²) in [7, 11) is 1.52. The molecule has 1 heterocycles. The van der Waals surface area contributed by atoms with Crippen molar-refractivity contribution in [3.63, 3.8) is 0 Å². The van der Waals surface area contributed by atoms with Crippen molar-refractivity contribution >= 4 is 74.8 Å². The zero-order chi connectivity index (χ0) is 25.1. The van der Waals surface area contributed by atoms with Crippen LogP contribution in [0, 0.1) is 9.39 Å². The van der Waals surface area contributed by atoms with Crippen LogP contribution in [0.15, 0.2) is 59.5 Å². The molecular weight excluding hydrogens is 627 g/mol. The number of hydrogen-bond donors (Lipinski definition) is 0. The van der Waals surface area contributed by atoms with Crippen LogP contribution in [0.1, 0.15) is 16.7 Å². The van der Waals surface area contributed by atoms with Crippen LogP contribution in [0.2, 0.25) is 10.0 Å². The van der Waals surface area contributed by atoms with Crippen molar-refractivity contribution in [3.8, 4) is 11.5 Å². The third kappa shape index (κ3) is 5.94. The van der Waals surface area contributed by atoms with E-state index in [1.54, 1.807) is 24.3 Å². The number of imide groups is 1. The van der Waals surface area contributed by atoms with E-state index < -0.39 is 17.0 Å². The fourth-order valence-electron chi connectivity index (χ4n) is 3.33. The van der Waals surface area contributed by atoms with E-state index in [9.17, 15) is 14.0 Å². The van der Waals surface area contributed by atoms with Crippen molar-refractivity contribution < 1.29 is 23.5 Å². The van der Waals surface area contributed by atoms with Crippen molar-refractivity contribution in [2.24, 2.45) is 0 Å². The second kappa shape index (κ2) is 11.2. The molecule has 0 aliphatic carbocycles. The molecule has 0 radical (unpaired) electrons. The quantitative estimate of drug-likeness (QED) is 0.196. The lowest BCUT2D eigenvalue weighted by atomic mass is 10.1. The van der Waals surface area contributed by atoms with Gasteiger partial charge in [0, 0.05) is 15.6 Å². The summed E-state index contributed by atoms with van der Waals surface area (Å²) in [5.74, 6) is -0.0534. The Bertz CT molecular complexity index is 1310. The van der Waals surface area contributed by atoms with Crippen LogP contribution in [0.3, 0.4) is 0 Å². The van der Waals surface area contributed by atoms with Gasteiger partial charge in [0.2, 0.25) is 0 Å². The third-order valence-electron chi connectivity index (χ3n) is 5.10. The summed E-state index contributed by atoms with van der Waals surface area (Å²) >= 11 is 14.9. The largest absolute Gasteiger partial charge is 0.493 e. The molecule has 0 unspecified atom stereocenters. The molecule has 2 amide bonds. The Hall–Kier alpha value is -2.27. The van der Waals surface area contributed by atoms with Crippen molar-refractivity contribution in [1.82, 2.24) is 4.90 Å². The maximum atomic E-state index is 14.2. The highest BCUT2D eigenvalue weighted by Crippen LogP contribution is 2.38. The van der Waals surface area contributed by atoms with Gasteiger partial charge in [0.1, 0.15) is 12.4 Å². The Morgan fingerprint density at radius 2 is 1.86 bits per heavy atom. The Morgan fingerprint density at radius 1 is 1.11 bits per heavy atom. The molecule has 5 nitrogen and oxygen atoms in total. The Kier molecular flexibility index (Phi) is 8.26. The summed E-state index contributed by atoms with van der Waals surface area (Å²) < 4.78 is 26.4. The van der Waals surface area contributed by atoms with Gasteiger partial charge in [-0.1, -0.05) is 41.4 Å². The third-order valence-corrected chi connectivity index (χ3v) is 7.41. The van der Waals surface area contributed by atoms with Crippen LogP contribution < -0.4 is 9.47 Å². The smallest absolute Gasteiger partial charge is 0.293 e. The summed E-state index contributed by atoms with van der Waals surface area (Å²) in [4.78, 5) is 26.6. The lowest BCUT2D eigenvalue weighted by molar-refractivity contribution is -0.123. The lowest BCUT2D eigenvalue weighted by Crippen LogP contribution is -2.28. The highest BCUT2D eigenvalue weighted by Gasteiger charge is 2.36. The van der Waals surface area contributed by atoms with Gasteiger partial charge in [0.05, 0.1) is 22.1 Å². The predicted molar refractivity (Wildman–Crippen MR) is 144 cm³/mol. The zero-order valence-electron chi connectivity index (χ0n) is 18.2. The van der Waals surface area contributed by atoms with Gasteiger partial charge in [-0.2, -0.15) is 0 Å². The van der Waals surface area contributed by atoms with E-state index in [2.05, 4.69) is 22.6 Å². The lowest BCUT2D eigenvalue weighted by Gasteiger charge is -2.14. The minimum atomic E-state index is -0.575. The summed E-state index contributed by atoms with van der Waals surface area (Å²) in [6.07, 6.45) is 1.60. The van der Waals surface area contributed by atoms with Gasteiger partial charge in [-0.05, 0) is 88.0 Å². The van der Waals surface area contributed by atoms with Gasteiger partial charge in [0.25, 0.3) is 11.1 Å². The monoisotopic (exact) mass is 643 g/mol. The number of hydrogen-bond acceptors (Lipinski definition) is 5. The number of carbonyl (C=O) groups excluding carboxylic acids is 2. The molecule has 0 aromatic heterocycles. The number of halogens is 4. The minimum Gasteiger partial charge on any atom is -0.493 e. The number of amides is 2. The van der Waals surface area contributed by atoms with Gasteiger partial charge in [0.15, 0.2) is 11.5 Å². The molecule has 3 aromatic carbocycles. The summed E-state index contributed by atoms with van der Waals surface area (Å²) in [5, 5.41) is 0.304. The van der Waals surface area contributed by atoms with Crippen LogP contribution in [0.4, 0.5) is 9.18 Å². The van der Waals surface area contributed by atoms with Gasteiger partial charge in [-0.15, -0.1) is 0 Å². The van der Waals surface area contributed by atoms with Crippen molar-refractivity contribution in [2.45, 2.75) is 13.2 Å². The average molecular weight is 644 g/mol. The maximum absolute atomic E-state index is 14.2. The molecule has 0 N–H and O–H groups in total. The van der Waals surface area contributed by atoms with E-state index in [1.807, 2.05) is 18.2 Å². The van der Waals surface area contributed by atoms with E-state index in [1.165, 1.54) is 25.3 Å². The molecule has 1 fully saturated rings. The number of rotatable bonds is 7. The Morgan fingerprint density at radius 3 is 2.54 bits per heavy atom. The summed E-state index contributed by atoms with van der Waals surface area (Å²) in [5.41, 5.74) is 1.69. The van der Waals surface area contributed by atoms with E-state index in [-0.39, 0.29) is 22.0 Å². The molecule has 0 spiro atoms. The van der Waals surface area contributed by atoms with E-state index in [0.29, 0.717) is 28.7 Å². The molecule has 0 atom stereocenters. The Balaban J connectivity index is 1.54. The number of carbonyl (C=O) groups is 2. The first-order valence-electron chi connectivity index (χ1n) is 10.2. The van der Waals surface area contributed by atoms with Gasteiger partial charge in [-0.25, -0.2) is 4.39 Å². The molecule has 180 valence electrons. The van der Waals surface area contributed by atoms with E-state index in [0.717, 1.165) is 25.8 Å². The first-order chi connectivity index (χ1) is 16.8. The first-order valence-corrected chi connectivity index (χ1v) is 12.8. The van der Waals surface area contributed by atoms with Crippen LogP contribution in [-0.2, 0) is 17.9 Å². The molecule has 1 aliphatic rings. The molecule has 35 heavy (non-hydrogen) atoms. The standard InChI is InChI=1S/C25H17Cl2FINO4S/c1-33-21-10-15(9-20(29)23(21)34-13-14-5-7-16(26)8-6-14)11-22-24(31)30(25(32)35-22)12-17-18(27)3-2-4-19(17)28/h2-11H,12-13H2,1H3. The fourth-order valence-corrected chi connectivity index (χ4v) is 5.30. The van der Waals surface area contributed by atoms with Gasteiger partial charge in [-0.3, -0.25) is 14.5 Å². The molecule has 1 saturated heterocycles. The zero-order valence-corrected chi connectivity index (χ0v) is 22.7. The maximum Gasteiger partial charge on any atom is 0.293 e. The second-order valence-corrected chi connectivity index (χ2v) is 10.4. The van der Waals surface area contributed by atoms with Gasteiger partial charge < -0.3 is 9.47 Å². The molecule has 10 heteroatoms. The highest BCUT2D eigenvalue weighted by atomic mass is 127. The number of ether oxygens (including phenoxy) is 2. The summed E-state index contributed by atoms with van der Waals surface area (Å²) in [6, 6.07) is 15.1. The van der Waals surface area contributed by atoms with Crippen molar-refractivity contribution in [1.29, 1.82) is 0 Å². The number of thioether (sulfide) groups is 1. The minimum absolute atomic E-state index is 0.0936. The molecular formula is C25H17Cl2FINO4S. The average Bonchev–Trinajstić information content (AvgIpc) is 3.08. The summed E-state index contributed by atoms with van der Waals surface area (Å²) in [6.45, 7) is 0.0756. The van der Waals surface area contributed by atoms with E-state index in [4.69, 9.17) is 32.7 Å². The van der Waals surface area contributed by atoms with Crippen molar-refractivity contribution in [2.75, 3.05) is 7.11 Å². The van der Waals surface area contributed by atoms with E-state index >= 15 is 0 Å². The molecule has 3 aromatic rings. The van der Waals surface area contributed by atoms with Crippen molar-refractivity contribution in [3.05, 3.63) is 95.6 Å². The van der Waals surface area contributed by atoms with Crippen LogP contribution in [-0.4, -0.2) is 23.2 Å². The first kappa shape index (κ1) is 25.8. The number of benzene rings is 3. The molecule has 0 bridgehead atoms. The van der Waals surface area contributed by atoms with Crippen LogP contribution >= 0.6 is 57.6 Å².